The summed E-state index contributed by atoms with van der Waals surface area (Å²) in [5.74, 6) is 0. The molecule has 0 aromatic carbocycles. The van der Waals surface area contributed by atoms with E-state index >= 15 is 0 Å². The Morgan fingerprint density at radius 2 is 1.71 bits per heavy atom. The molecule has 0 aliphatic carbocycles. The van der Waals surface area contributed by atoms with Crippen LogP contribution in [0, 0.1) is 0 Å². The monoisotopic (exact) mass is 291 g/mol. The molecule has 2 heterocycles. The van der Waals surface area contributed by atoms with Gasteiger partial charge in [0.05, 0.1) is 11.2 Å². The fourth-order valence-corrected chi connectivity index (χ4v) is 2.43. The third kappa shape index (κ3) is 2.81. The lowest BCUT2D eigenvalue weighted by Crippen LogP contribution is -2.41. The molecule has 0 radical (unpaired) electrons. The van der Waals surface area contributed by atoms with E-state index in [9.17, 15) is 4.79 Å². The van der Waals surface area contributed by atoms with E-state index in [2.05, 4.69) is 0 Å². The van der Waals surface area contributed by atoms with Crippen LogP contribution in [0.3, 0.4) is 0 Å². The molecular weight excluding hydrogens is 265 g/mol. The van der Waals surface area contributed by atoms with Crippen molar-refractivity contribution >= 4 is 12.6 Å². The smallest absolute Gasteiger partial charge is 0.399 e. The fourth-order valence-electron chi connectivity index (χ4n) is 2.43. The number of aryl methyl sites for hydroxylation is 1. The largest absolute Gasteiger partial charge is 0.496 e. The molecule has 1 saturated heterocycles. The molecule has 0 atom stereocenters. The van der Waals surface area contributed by atoms with Gasteiger partial charge in [0.15, 0.2) is 0 Å². The summed E-state index contributed by atoms with van der Waals surface area (Å²) in [6.45, 7) is 14.1. The van der Waals surface area contributed by atoms with Crippen LogP contribution in [-0.2, 0) is 15.7 Å². The van der Waals surface area contributed by atoms with Crippen LogP contribution in [0.5, 0.6) is 0 Å². The molecule has 1 aromatic rings. The van der Waals surface area contributed by atoms with E-state index in [4.69, 9.17) is 9.31 Å². The molecule has 1 fully saturated rings. The molecule has 0 N–H and O–H groups in total. The van der Waals surface area contributed by atoms with Gasteiger partial charge in [0, 0.05) is 17.8 Å². The molecule has 0 amide bonds. The normalized spacial score (nSPS) is 20.3. The average molecular weight is 291 g/mol. The van der Waals surface area contributed by atoms with Crippen molar-refractivity contribution in [3.63, 3.8) is 0 Å². The number of nitrogens with zero attached hydrogens (tertiary/aromatic N) is 1. The fraction of sp³-hybridized carbons (Fsp3) is 0.688. The molecule has 0 spiro atoms. The van der Waals surface area contributed by atoms with E-state index in [1.807, 2.05) is 60.7 Å². The van der Waals surface area contributed by atoms with Crippen LogP contribution in [0.1, 0.15) is 60.1 Å². The van der Waals surface area contributed by atoms with Crippen LogP contribution in [0.4, 0.5) is 0 Å². The Labute approximate surface area is 127 Å². The maximum absolute atomic E-state index is 12.3. The van der Waals surface area contributed by atoms with Crippen LogP contribution >= 0.6 is 0 Å². The Morgan fingerprint density at radius 1 is 1.19 bits per heavy atom. The first-order valence-corrected chi connectivity index (χ1v) is 7.69. The Balaban J connectivity index is 2.47. The highest BCUT2D eigenvalue weighted by Crippen LogP contribution is 2.36. The highest BCUT2D eigenvalue weighted by Gasteiger charge is 2.51. The van der Waals surface area contributed by atoms with Gasteiger partial charge in [-0.25, -0.2) is 0 Å². The van der Waals surface area contributed by atoms with Crippen molar-refractivity contribution in [2.24, 2.45) is 0 Å². The molecule has 0 unspecified atom stereocenters. The van der Waals surface area contributed by atoms with Gasteiger partial charge in [-0.3, -0.25) is 4.79 Å². The van der Waals surface area contributed by atoms with Crippen molar-refractivity contribution in [2.75, 3.05) is 0 Å². The minimum Gasteiger partial charge on any atom is -0.399 e. The number of hydrogen-bond acceptors (Lipinski definition) is 3. The zero-order valence-corrected chi connectivity index (χ0v) is 14.2. The Hall–Kier alpha value is -1.07. The van der Waals surface area contributed by atoms with Crippen molar-refractivity contribution in [2.45, 2.75) is 72.1 Å². The summed E-state index contributed by atoms with van der Waals surface area (Å²) in [7, 11) is -0.425. The minimum absolute atomic E-state index is 0.0766. The molecular formula is C16H26BNO3. The molecule has 21 heavy (non-hydrogen) atoms. The second kappa shape index (κ2) is 5.29. The summed E-state index contributed by atoms with van der Waals surface area (Å²) in [6, 6.07) is 2.04. The second-order valence-electron chi connectivity index (χ2n) is 7.05. The van der Waals surface area contributed by atoms with E-state index in [1.165, 1.54) is 0 Å². The quantitative estimate of drug-likeness (QED) is 0.802. The first-order valence-electron chi connectivity index (χ1n) is 7.69. The van der Waals surface area contributed by atoms with Gasteiger partial charge < -0.3 is 13.9 Å². The third-order valence-electron chi connectivity index (χ3n) is 4.60. The zero-order valence-electron chi connectivity index (χ0n) is 14.2. The summed E-state index contributed by atoms with van der Waals surface area (Å²) in [5, 5.41) is 0. The summed E-state index contributed by atoms with van der Waals surface area (Å²) >= 11 is 0. The van der Waals surface area contributed by atoms with Crippen molar-refractivity contribution in [3.05, 3.63) is 28.2 Å². The minimum atomic E-state index is -0.425. The zero-order chi connectivity index (χ0) is 16.0. The van der Waals surface area contributed by atoms with Gasteiger partial charge >= 0.3 is 7.12 Å². The van der Waals surface area contributed by atoms with Crippen molar-refractivity contribution in [3.8, 4) is 0 Å². The lowest BCUT2D eigenvalue weighted by Gasteiger charge is -2.32. The third-order valence-corrected chi connectivity index (χ3v) is 4.60. The molecule has 116 valence electrons. The molecule has 2 rings (SSSR count). The van der Waals surface area contributed by atoms with E-state index < -0.39 is 7.12 Å². The predicted molar refractivity (Wildman–Crippen MR) is 86.2 cm³/mol. The highest BCUT2D eigenvalue weighted by atomic mass is 16.7. The van der Waals surface area contributed by atoms with E-state index in [0.29, 0.717) is 6.42 Å². The Kier molecular flexibility index (Phi) is 4.11. The van der Waals surface area contributed by atoms with Crippen LogP contribution < -0.4 is 11.0 Å². The van der Waals surface area contributed by atoms with Crippen LogP contribution in [0.15, 0.2) is 17.1 Å². The van der Waals surface area contributed by atoms with Gasteiger partial charge in [-0.15, -0.1) is 0 Å². The molecule has 0 bridgehead atoms. The first kappa shape index (κ1) is 16.3. The van der Waals surface area contributed by atoms with Crippen molar-refractivity contribution in [1.29, 1.82) is 0 Å². The van der Waals surface area contributed by atoms with Crippen LogP contribution in [-0.4, -0.2) is 22.9 Å². The summed E-state index contributed by atoms with van der Waals surface area (Å²) in [6.07, 6.45) is 2.58. The average Bonchev–Trinajstić information content (AvgIpc) is 2.58. The van der Waals surface area contributed by atoms with Gasteiger partial charge in [0.1, 0.15) is 0 Å². The molecule has 0 saturated carbocycles. The molecule has 5 heteroatoms. The Bertz CT molecular complexity index is 574. The van der Waals surface area contributed by atoms with Crippen molar-refractivity contribution in [1.82, 2.24) is 4.57 Å². The molecule has 4 nitrogen and oxygen atoms in total. The van der Waals surface area contributed by atoms with Crippen LogP contribution in [0.2, 0.25) is 0 Å². The van der Waals surface area contributed by atoms with Gasteiger partial charge in [-0.1, -0.05) is 13.0 Å². The van der Waals surface area contributed by atoms with E-state index in [1.54, 1.807) is 4.57 Å². The second-order valence-corrected chi connectivity index (χ2v) is 7.05. The topological polar surface area (TPSA) is 40.5 Å². The highest BCUT2D eigenvalue weighted by molar-refractivity contribution is 6.62. The van der Waals surface area contributed by atoms with Gasteiger partial charge in [-0.05, 0) is 53.4 Å². The lowest BCUT2D eigenvalue weighted by molar-refractivity contribution is 0.00578. The SMILES string of the molecule is CCc1cc(B2OC(C)(C)C(C)(C)O2)cn(C(C)C)c1=O. The van der Waals surface area contributed by atoms with E-state index in [-0.39, 0.29) is 22.8 Å². The number of hydrogen-bond donors (Lipinski definition) is 0. The maximum atomic E-state index is 12.3. The molecule has 1 aromatic heterocycles. The molecule has 1 aliphatic rings. The van der Waals surface area contributed by atoms with Gasteiger partial charge in [0.2, 0.25) is 0 Å². The first-order chi connectivity index (χ1) is 9.59. The number of rotatable bonds is 3. The molecule has 1 aliphatic heterocycles. The summed E-state index contributed by atoms with van der Waals surface area (Å²) in [4.78, 5) is 12.3. The van der Waals surface area contributed by atoms with E-state index in [0.717, 1.165) is 11.0 Å². The van der Waals surface area contributed by atoms with Gasteiger partial charge in [0.25, 0.3) is 5.56 Å². The summed E-state index contributed by atoms with van der Waals surface area (Å²) in [5.41, 5.74) is 1.05. The van der Waals surface area contributed by atoms with Gasteiger partial charge in [-0.2, -0.15) is 0 Å². The summed E-state index contributed by atoms with van der Waals surface area (Å²) < 4.78 is 13.9. The Morgan fingerprint density at radius 3 is 2.14 bits per heavy atom. The standard InChI is InChI=1S/C16H26BNO3/c1-8-12-9-13(10-18(11(2)3)14(12)19)17-20-15(4,5)16(6,7)21-17/h9-11H,8H2,1-7H3. The number of pyridine rings is 1. The maximum Gasteiger partial charge on any atom is 0.496 e. The predicted octanol–water partition coefficient (Wildman–Crippen LogP) is 2.29. The number of aromatic nitrogens is 1. The lowest BCUT2D eigenvalue weighted by atomic mass is 9.79. The van der Waals surface area contributed by atoms with Crippen LogP contribution in [0.25, 0.3) is 0 Å². The van der Waals surface area contributed by atoms with Crippen molar-refractivity contribution < 1.29 is 9.31 Å².